The summed E-state index contributed by atoms with van der Waals surface area (Å²) in [5.74, 6) is 0. The van der Waals surface area contributed by atoms with Crippen molar-refractivity contribution >= 4 is 5.69 Å². The lowest BCUT2D eigenvalue weighted by Gasteiger charge is -2.75. The molecule has 1 aromatic carbocycles. The van der Waals surface area contributed by atoms with Crippen molar-refractivity contribution in [3.63, 3.8) is 0 Å². The van der Waals surface area contributed by atoms with E-state index in [0.717, 1.165) is 43.6 Å². The number of benzene rings is 1. The van der Waals surface area contributed by atoms with Gasteiger partial charge in [-0.2, -0.15) is 0 Å². The highest BCUT2D eigenvalue weighted by atomic mass is 16.7. The highest BCUT2D eigenvalue weighted by Gasteiger charge is 2.81. The van der Waals surface area contributed by atoms with Crippen LogP contribution in [0.5, 0.6) is 0 Å². The summed E-state index contributed by atoms with van der Waals surface area (Å²) in [5, 5.41) is 12.0. The third-order valence-electron chi connectivity index (χ3n) is 7.82. The van der Waals surface area contributed by atoms with Crippen molar-refractivity contribution in [3.05, 3.63) is 29.8 Å². The quantitative estimate of drug-likeness (QED) is 0.787. The molecule has 4 bridgehead atoms. The minimum absolute atomic E-state index is 0.0435. The van der Waals surface area contributed by atoms with Crippen LogP contribution in [0.4, 0.5) is 5.69 Å². The number of para-hydroxylation sites is 1. The van der Waals surface area contributed by atoms with Gasteiger partial charge in [0.15, 0.2) is 12.0 Å². The lowest BCUT2D eigenvalue weighted by atomic mass is 9.55. The zero-order valence-corrected chi connectivity index (χ0v) is 13.6. The van der Waals surface area contributed by atoms with Crippen LogP contribution >= 0.6 is 0 Å². The first-order valence-electron chi connectivity index (χ1n) is 9.37. The second-order valence-corrected chi connectivity index (χ2v) is 8.64. The van der Waals surface area contributed by atoms with Crippen LogP contribution in [0.3, 0.4) is 0 Å². The average Bonchev–Trinajstić information content (AvgIpc) is 2.80. The smallest absolute Gasteiger partial charge is 0.195 e. The van der Waals surface area contributed by atoms with Gasteiger partial charge >= 0.3 is 0 Å². The number of anilines is 1. The third kappa shape index (κ3) is 1.09. The maximum absolute atomic E-state index is 12.0. The largest absolute Gasteiger partial charge is 0.380 e. The van der Waals surface area contributed by atoms with Gasteiger partial charge in [0.25, 0.3) is 0 Å². The maximum Gasteiger partial charge on any atom is 0.195 e. The Hall–Kier alpha value is -1.14. The van der Waals surface area contributed by atoms with Crippen molar-refractivity contribution in [2.45, 2.75) is 62.0 Å². The molecule has 24 heavy (non-hydrogen) atoms. The Bertz CT molecular complexity index is 771. The number of fused-ring (bicyclic) bond motifs is 2. The van der Waals surface area contributed by atoms with Crippen molar-refractivity contribution < 1.29 is 14.6 Å². The molecule has 6 atom stereocenters. The molecular weight excluding hydrogens is 304 g/mol. The van der Waals surface area contributed by atoms with Gasteiger partial charge in [-0.15, -0.1) is 0 Å². The summed E-state index contributed by atoms with van der Waals surface area (Å²) in [6.07, 6.45) is 5.20. The van der Waals surface area contributed by atoms with Gasteiger partial charge in [-0.3, -0.25) is 4.90 Å². The van der Waals surface area contributed by atoms with Crippen molar-refractivity contribution in [1.82, 2.24) is 4.90 Å². The van der Waals surface area contributed by atoms with E-state index in [-0.39, 0.29) is 24.0 Å². The van der Waals surface area contributed by atoms with Crippen LogP contribution in [0, 0.1) is 5.41 Å². The molecule has 7 aliphatic heterocycles. The number of hydrogen-bond acceptors (Lipinski definition) is 5. The molecule has 0 aromatic heterocycles. The van der Waals surface area contributed by atoms with E-state index in [1.54, 1.807) is 0 Å². The lowest BCUT2D eigenvalue weighted by Crippen LogP contribution is -2.88. The van der Waals surface area contributed by atoms with Crippen LogP contribution in [-0.4, -0.2) is 47.4 Å². The number of nitrogens with zero attached hydrogens (tertiary/aromatic N) is 2. The monoisotopic (exact) mass is 326 g/mol. The van der Waals surface area contributed by atoms with Crippen molar-refractivity contribution in [1.29, 1.82) is 0 Å². The summed E-state index contributed by atoms with van der Waals surface area (Å²) >= 11 is 0. The summed E-state index contributed by atoms with van der Waals surface area (Å²) in [7, 11) is 0. The molecule has 7 aliphatic rings. The van der Waals surface area contributed by atoms with Gasteiger partial charge in [-0.25, -0.2) is 0 Å². The van der Waals surface area contributed by atoms with Gasteiger partial charge in [0.05, 0.1) is 6.04 Å². The second-order valence-electron chi connectivity index (χ2n) is 8.64. The molecule has 1 aromatic rings. The minimum atomic E-state index is -0.922. The zero-order chi connectivity index (χ0) is 15.7. The van der Waals surface area contributed by atoms with Crippen LogP contribution in [0.15, 0.2) is 24.3 Å². The van der Waals surface area contributed by atoms with Crippen molar-refractivity contribution in [2.75, 3.05) is 18.0 Å². The van der Waals surface area contributed by atoms with Crippen LogP contribution < -0.4 is 4.90 Å². The highest BCUT2D eigenvalue weighted by Crippen LogP contribution is 2.71. The molecule has 1 unspecified atom stereocenters. The molecule has 0 radical (unpaired) electrons. The molecule has 126 valence electrons. The molecule has 2 spiro atoms. The molecular formula is C19H22N2O3. The molecule has 6 fully saturated rings. The van der Waals surface area contributed by atoms with Gasteiger partial charge in [0, 0.05) is 30.6 Å². The summed E-state index contributed by atoms with van der Waals surface area (Å²) in [6, 6.07) is 8.62. The first kappa shape index (κ1) is 13.1. The topological polar surface area (TPSA) is 45.2 Å². The Labute approximate surface area is 141 Å². The van der Waals surface area contributed by atoms with Gasteiger partial charge < -0.3 is 19.5 Å². The van der Waals surface area contributed by atoms with E-state index in [1.165, 1.54) is 12.8 Å². The summed E-state index contributed by atoms with van der Waals surface area (Å²) < 4.78 is 12.9. The number of hydrogen-bond donors (Lipinski definition) is 1. The summed E-state index contributed by atoms with van der Waals surface area (Å²) in [5.41, 5.74) is 0.832. The first-order chi connectivity index (χ1) is 11.7. The molecule has 5 nitrogen and oxygen atoms in total. The van der Waals surface area contributed by atoms with Crippen LogP contribution in [-0.2, 0) is 15.1 Å². The standard InChI is InChI=1S/C19H22N2O3/c22-18-7-9-20-8-3-6-17-10-14-21(13-5-2-1-4-12(13)18)19(18,16(17)20)24-15(11-17)23-14/h1-2,4-5,14-16,22H,3,6-11H2/t14-,15?,16-,17-,18-,19-/m1/s1. The lowest BCUT2D eigenvalue weighted by molar-refractivity contribution is -0.424. The maximum atomic E-state index is 12.0. The van der Waals surface area contributed by atoms with Gasteiger partial charge in [0.2, 0.25) is 0 Å². The SMILES string of the molecule is O[C@]12CCN3CCC[C@]45CC6O[C@H](C4)N(c4ccccc41)[C@@]2(O6)[C@H]35. The molecule has 6 saturated heterocycles. The first-order valence-corrected chi connectivity index (χ1v) is 9.37. The molecule has 5 heteroatoms. The summed E-state index contributed by atoms with van der Waals surface area (Å²) in [6.45, 7) is 2.10. The van der Waals surface area contributed by atoms with E-state index < -0.39 is 11.3 Å². The number of ether oxygens (including phenoxy) is 2. The fraction of sp³-hybridized carbons (Fsp3) is 0.684. The molecule has 1 N–H and O–H groups in total. The van der Waals surface area contributed by atoms with E-state index in [1.807, 2.05) is 6.07 Å². The van der Waals surface area contributed by atoms with Crippen LogP contribution in [0.1, 0.15) is 37.7 Å². The minimum Gasteiger partial charge on any atom is -0.380 e. The normalized spacial score (nSPS) is 53.2. The summed E-state index contributed by atoms with van der Waals surface area (Å²) in [4.78, 5) is 4.94. The Morgan fingerprint density at radius 3 is 3.00 bits per heavy atom. The second kappa shape index (κ2) is 3.68. The fourth-order valence-electron chi connectivity index (χ4n) is 7.24. The average molecular weight is 326 g/mol. The van der Waals surface area contributed by atoms with Crippen LogP contribution in [0.25, 0.3) is 0 Å². The number of piperidine rings is 3. The Kier molecular flexibility index (Phi) is 2.01. The van der Waals surface area contributed by atoms with E-state index in [2.05, 4.69) is 28.0 Å². The predicted molar refractivity (Wildman–Crippen MR) is 86.2 cm³/mol. The van der Waals surface area contributed by atoms with Crippen LogP contribution in [0.2, 0.25) is 0 Å². The van der Waals surface area contributed by atoms with E-state index in [0.29, 0.717) is 0 Å². The molecule has 0 amide bonds. The zero-order valence-electron chi connectivity index (χ0n) is 13.6. The van der Waals surface area contributed by atoms with Gasteiger partial charge in [-0.1, -0.05) is 18.2 Å². The molecule has 0 aliphatic carbocycles. The van der Waals surface area contributed by atoms with E-state index in [9.17, 15) is 5.11 Å². The highest BCUT2D eigenvalue weighted by molar-refractivity contribution is 5.68. The number of aliphatic hydroxyl groups is 1. The van der Waals surface area contributed by atoms with E-state index in [4.69, 9.17) is 9.47 Å². The Balaban J connectivity index is 1.57. The molecule has 7 heterocycles. The van der Waals surface area contributed by atoms with Gasteiger partial charge in [-0.05, 0) is 37.3 Å². The molecule has 0 saturated carbocycles. The fourth-order valence-corrected chi connectivity index (χ4v) is 7.24. The Morgan fingerprint density at radius 1 is 1.12 bits per heavy atom. The Morgan fingerprint density at radius 2 is 2.04 bits per heavy atom. The van der Waals surface area contributed by atoms with E-state index >= 15 is 0 Å². The predicted octanol–water partition coefficient (Wildman–Crippen LogP) is 1.75. The van der Waals surface area contributed by atoms with Crippen molar-refractivity contribution in [2.24, 2.45) is 5.41 Å². The van der Waals surface area contributed by atoms with Crippen molar-refractivity contribution in [3.8, 4) is 0 Å². The number of rotatable bonds is 0. The third-order valence-corrected chi connectivity index (χ3v) is 7.82. The van der Waals surface area contributed by atoms with Gasteiger partial charge in [0.1, 0.15) is 11.8 Å². The molecule has 8 rings (SSSR count).